The maximum Gasteiger partial charge on any atom is 0.199 e. The SMILES string of the molecule is Cc1cc(C(=O)c2cc(C)c(F)cc2F)co1. The highest BCUT2D eigenvalue weighted by atomic mass is 19.1. The number of rotatable bonds is 2. The number of hydrogen-bond acceptors (Lipinski definition) is 2. The number of benzene rings is 1. The molecule has 0 saturated heterocycles. The molecule has 4 heteroatoms. The van der Waals surface area contributed by atoms with Crippen LogP contribution in [0.25, 0.3) is 0 Å². The van der Waals surface area contributed by atoms with Crippen molar-refractivity contribution in [1.82, 2.24) is 0 Å². The van der Waals surface area contributed by atoms with Crippen LogP contribution >= 0.6 is 0 Å². The maximum absolute atomic E-state index is 13.5. The molecule has 1 aromatic heterocycles. The van der Waals surface area contributed by atoms with Crippen molar-refractivity contribution >= 4 is 5.78 Å². The summed E-state index contributed by atoms with van der Waals surface area (Å²) in [7, 11) is 0. The molecule has 0 amide bonds. The molecule has 2 rings (SSSR count). The van der Waals surface area contributed by atoms with E-state index in [9.17, 15) is 13.6 Å². The summed E-state index contributed by atoms with van der Waals surface area (Å²) in [5.74, 6) is -1.48. The second-order valence-corrected chi connectivity index (χ2v) is 3.86. The van der Waals surface area contributed by atoms with E-state index in [1.54, 1.807) is 6.92 Å². The average molecular weight is 236 g/mol. The van der Waals surface area contributed by atoms with Crippen molar-refractivity contribution in [1.29, 1.82) is 0 Å². The van der Waals surface area contributed by atoms with Crippen molar-refractivity contribution in [3.8, 4) is 0 Å². The molecule has 1 aromatic carbocycles. The van der Waals surface area contributed by atoms with Gasteiger partial charge in [-0.3, -0.25) is 4.79 Å². The molecular weight excluding hydrogens is 226 g/mol. The van der Waals surface area contributed by atoms with Crippen LogP contribution in [-0.4, -0.2) is 5.78 Å². The highest BCUT2D eigenvalue weighted by Gasteiger charge is 2.17. The van der Waals surface area contributed by atoms with Gasteiger partial charge in [0.25, 0.3) is 0 Å². The first kappa shape index (κ1) is 11.5. The zero-order chi connectivity index (χ0) is 12.6. The number of aryl methyl sites for hydroxylation is 2. The Morgan fingerprint density at radius 3 is 2.41 bits per heavy atom. The van der Waals surface area contributed by atoms with Gasteiger partial charge in [-0.2, -0.15) is 0 Å². The summed E-state index contributed by atoms with van der Waals surface area (Å²) in [6.45, 7) is 3.16. The predicted molar refractivity (Wildman–Crippen MR) is 58.0 cm³/mol. The summed E-state index contributed by atoms with van der Waals surface area (Å²) in [6, 6.07) is 3.44. The summed E-state index contributed by atoms with van der Waals surface area (Å²) in [6.07, 6.45) is 1.26. The molecule has 17 heavy (non-hydrogen) atoms. The topological polar surface area (TPSA) is 30.2 Å². The van der Waals surface area contributed by atoms with Gasteiger partial charge in [0.1, 0.15) is 23.7 Å². The summed E-state index contributed by atoms with van der Waals surface area (Å²) in [5.41, 5.74) is 0.340. The molecule has 1 heterocycles. The molecule has 0 aliphatic rings. The molecular formula is C13H10F2O2. The number of carbonyl (C=O) groups excluding carboxylic acids is 1. The van der Waals surface area contributed by atoms with E-state index < -0.39 is 17.4 Å². The van der Waals surface area contributed by atoms with Crippen molar-refractivity contribution < 1.29 is 18.0 Å². The van der Waals surface area contributed by atoms with Crippen molar-refractivity contribution in [2.45, 2.75) is 13.8 Å². The summed E-state index contributed by atoms with van der Waals surface area (Å²) in [4.78, 5) is 11.9. The van der Waals surface area contributed by atoms with Gasteiger partial charge in [0.15, 0.2) is 5.78 Å². The van der Waals surface area contributed by atoms with E-state index in [0.717, 1.165) is 6.07 Å². The Morgan fingerprint density at radius 2 is 1.82 bits per heavy atom. The van der Waals surface area contributed by atoms with Gasteiger partial charge in [0.2, 0.25) is 0 Å². The summed E-state index contributed by atoms with van der Waals surface area (Å²) in [5, 5.41) is 0. The normalized spacial score (nSPS) is 10.6. The van der Waals surface area contributed by atoms with Gasteiger partial charge in [-0.15, -0.1) is 0 Å². The van der Waals surface area contributed by atoms with Gasteiger partial charge in [0.05, 0.1) is 11.1 Å². The smallest absolute Gasteiger partial charge is 0.199 e. The first-order chi connectivity index (χ1) is 7.99. The molecule has 0 saturated carbocycles. The first-order valence-electron chi connectivity index (χ1n) is 5.04. The van der Waals surface area contributed by atoms with E-state index in [0.29, 0.717) is 5.76 Å². The van der Waals surface area contributed by atoms with E-state index in [-0.39, 0.29) is 16.7 Å². The van der Waals surface area contributed by atoms with Crippen LogP contribution in [0.5, 0.6) is 0 Å². The Hall–Kier alpha value is -1.97. The third-order valence-electron chi connectivity index (χ3n) is 2.49. The predicted octanol–water partition coefficient (Wildman–Crippen LogP) is 3.41. The molecule has 0 radical (unpaired) electrons. The summed E-state index contributed by atoms with van der Waals surface area (Å²) >= 11 is 0. The fraction of sp³-hybridized carbons (Fsp3) is 0.154. The molecule has 0 unspecified atom stereocenters. The number of ketones is 1. The van der Waals surface area contributed by atoms with Crippen LogP contribution in [0.15, 0.2) is 28.9 Å². The molecule has 0 fully saturated rings. The minimum atomic E-state index is -0.864. The Morgan fingerprint density at radius 1 is 1.12 bits per heavy atom. The van der Waals surface area contributed by atoms with E-state index in [1.807, 2.05) is 0 Å². The fourth-order valence-corrected chi connectivity index (χ4v) is 1.55. The molecule has 0 spiro atoms. The van der Waals surface area contributed by atoms with E-state index in [2.05, 4.69) is 0 Å². The molecule has 0 aliphatic heterocycles. The third-order valence-corrected chi connectivity index (χ3v) is 2.49. The van der Waals surface area contributed by atoms with Crippen LogP contribution < -0.4 is 0 Å². The zero-order valence-electron chi connectivity index (χ0n) is 9.38. The van der Waals surface area contributed by atoms with Crippen LogP contribution in [0, 0.1) is 25.5 Å². The van der Waals surface area contributed by atoms with Crippen LogP contribution in [-0.2, 0) is 0 Å². The molecule has 0 atom stereocenters. The molecule has 2 nitrogen and oxygen atoms in total. The standard InChI is InChI=1S/C13H10F2O2/c1-7-3-10(12(15)5-11(7)14)13(16)9-4-8(2)17-6-9/h3-6H,1-2H3. The Balaban J connectivity index is 2.47. The second kappa shape index (κ2) is 4.13. The summed E-state index contributed by atoms with van der Waals surface area (Å²) < 4.78 is 31.5. The molecule has 88 valence electrons. The van der Waals surface area contributed by atoms with Crippen molar-refractivity contribution in [3.63, 3.8) is 0 Å². The average Bonchev–Trinajstić information content (AvgIpc) is 2.69. The van der Waals surface area contributed by atoms with Gasteiger partial charge in [-0.05, 0) is 31.5 Å². The van der Waals surface area contributed by atoms with Crippen LogP contribution in [0.1, 0.15) is 27.2 Å². The second-order valence-electron chi connectivity index (χ2n) is 3.86. The highest BCUT2D eigenvalue weighted by molar-refractivity contribution is 6.09. The Labute approximate surface area is 96.9 Å². The minimum Gasteiger partial charge on any atom is -0.469 e. The van der Waals surface area contributed by atoms with Gasteiger partial charge in [-0.25, -0.2) is 8.78 Å². The lowest BCUT2D eigenvalue weighted by atomic mass is 10.0. The molecule has 0 N–H and O–H groups in total. The Bertz CT molecular complexity index is 585. The maximum atomic E-state index is 13.5. The van der Waals surface area contributed by atoms with Crippen molar-refractivity contribution in [3.05, 3.63) is 58.5 Å². The lowest BCUT2D eigenvalue weighted by Crippen LogP contribution is -2.04. The van der Waals surface area contributed by atoms with Crippen LogP contribution in [0.3, 0.4) is 0 Å². The number of hydrogen-bond donors (Lipinski definition) is 0. The van der Waals surface area contributed by atoms with E-state index in [4.69, 9.17) is 4.42 Å². The molecule has 0 aliphatic carbocycles. The largest absolute Gasteiger partial charge is 0.469 e. The quantitative estimate of drug-likeness (QED) is 0.748. The first-order valence-corrected chi connectivity index (χ1v) is 5.04. The number of halogens is 2. The molecule has 0 bridgehead atoms. The van der Waals surface area contributed by atoms with Gasteiger partial charge in [-0.1, -0.05) is 0 Å². The van der Waals surface area contributed by atoms with Gasteiger partial charge < -0.3 is 4.42 Å². The fourth-order valence-electron chi connectivity index (χ4n) is 1.55. The van der Waals surface area contributed by atoms with Gasteiger partial charge >= 0.3 is 0 Å². The number of furan rings is 1. The number of carbonyl (C=O) groups is 1. The lowest BCUT2D eigenvalue weighted by molar-refractivity contribution is 0.103. The minimum absolute atomic E-state index is 0.148. The highest BCUT2D eigenvalue weighted by Crippen LogP contribution is 2.19. The Kier molecular flexibility index (Phi) is 2.79. The van der Waals surface area contributed by atoms with Crippen LogP contribution in [0.2, 0.25) is 0 Å². The zero-order valence-corrected chi connectivity index (χ0v) is 9.38. The third kappa shape index (κ3) is 2.11. The van der Waals surface area contributed by atoms with Crippen LogP contribution in [0.4, 0.5) is 8.78 Å². The van der Waals surface area contributed by atoms with E-state index >= 15 is 0 Å². The lowest BCUT2D eigenvalue weighted by Gasteiger charge is -2.03. The van der Waals surface area contributed by atoms with Crippen molar-refractivity contribution in [2.24, 2.45) is 0 Å². The monoisotopic (exact) mass is 236 g/mol. The van der Waals surface area contributed by atoms with E-state index in [1.165, 1.54) is 25.3 Å². The molecule has 2 aromatic rings. The van der Waals surface area contributed by atoms with Crippen molar-refractivity contribution in [2.75, 3.05) is 0 Å². The van der Waals surface area contributed by atoms with Gasteiger partial charge in [0, 0.05) is 6.07 Å².